The maximum atomic E-state index is 13.5. The Kier molecular flexibility index (Phi) is 5.02. The summed E-state index contributed by atoms with van der Waals surface area (Å²) in [6.07, 6.45) is -3.42. The number of fused-ring (bicyclic) bond motifs is 7. The second-order valence-electron chi connectivity index (χ2n) is 9.52. The van der Waals surface area contributed by atoms with Crippen LogP contribution in [0.15, 0.2) is 82.3 Å². The fourth-order valence-electron chi connectivity index (χ4n) is 5.28. The van der Waals surface area contributed by atoms with Gasteiger partial charge in [0.15, 0.2) is 28.7 Å². The monoisotopic (exact) mass is 572 g/mol. The van der Waals surface area contributed by atoms with Crippen molar-refractivity contribution in [2.24, 2.45) is 0 Å². The highest BCUT2D eigenvalue weighted by molar-refractivity contribution is 5.87. The lowest BCUT2D eigenvalue weighted by atomic mass is 9.84. The van der Waals surface area contributed by atoms with Crippen LogP contribution in [-0.2, 0) is 0 Å². The Morgan fingerprint density at radius 1 is 0.952 bits per heavy atom. The van der Waals surface area contributed by atoms with E-state index in [1.807, 2.05) is 0 Å². The van der Waals surface area contributed by atoms with Crippen LogP contribution in [0.3, 0.4) is 0 Å². The molecule has 6 aromatic rings. The van der Waals surface area contributed by atoms with Crippen molar-refractivity contribution >= 4 is 16.6 Å². The predicted octanol–water partition coefficient (Wildman–Crippen LogP) is 5.81. The minimum atomic E-state index is -4.86. The Balaban J connectivity index is 1.35. The third-order valence-corrected chi connectivity index (χ3v) is 7.04. The molecule has 0 bridgehead atoms. The first kappa shape index (κ1) is 24.2. The van der Waals surface area contributed by atoms with Crippen molar-refractivity contribution in [2.75, 3.05) is 6.79 Å². The van der Waals surface area contributed by atoms with E-state index in [-0.39, 0.29) is 24.0 Å². The summed E-state index contributed by atoms with van der Waals surface area (Å²) in [6, 6.07) is 17.4. The standard InChI is InChI=1S/C29H15F3N4O6/c30-29(31,32)42-16-8-5-14(6-9-16)21-22-24(17-3-1-2-4-18(17)40-28(22)37)41-27-23(21)26-34-25(35-36(26)12-33-27)15-7-10-19-20(11-15)39-13-38-19/h1-12,21H,13H2. The summed E-state index contributed by atoms with van der Waals surface area (Å²) < 4.78 is 66.8. The van der Waals surface area contributed by atoms with Crippen molar-refractivity contribution in [3.8, 4) is 40.3 Å². The quantitative estimate of drug-likeness (QED) is 0.242. The smallest absolute Gasteiger partial charge is 0.454 e. The summed E-state index contributed by atoms with van der Waals surface area (Å²) in [5, 5.41) is 5.10. The van der Waals surface area contributed by atoms with Gasteiger partial charge >= 0.3 is 12.0 Å². The van der Waals surface area contributed by atoms with E-state index in [4.69, 9.17) is 23.6 Å². The highest BCUT2D eigenvalue weighted by Gasteiger charge is 2.38. The molecule has 0 spiro atoms. The number of para-hydroxylation sites is 1. The van der Waals surface area contributed by atoms with Gasteiger partial charge in [0, 0.05) is 5.56 Å². The molecule has 0 saturated carbocycles. The molecule has 8 rings (SSSR count). The van der Waals surface area contributed by atoms with Crippen molar-refractivity contribution in [1.82, 2.24) is 19.6 Å². The van der Waals surface area contributed by atoms with Crippen LogP contribution in [0.5, 0.6) is 28.9 Å². The minimum Gasteiger partial charge on any atom is -0.454 e. The van der Waals surface area contributed by atoms with Gasteiger partial charge in [-0.2, -0.15) is 0 Å². The first-order valence-electron chi connectivity index (χ1n) is 12.6. The largest absolute Gasteiger partial charge is 0.573 e. The third kappa shape index (κ3) is 3.81. The van der Waals surface area contributed by atoms with Crippen LogP contribution in [0.1, 0.15) is 22.6 Å². The van der Waals surface area contributed by atoms with Crippen molar-refractivity contribution in [3.63, 3.8) is 0 Å². The Hall–Kier alpha value is -5.59. The van der Waals surface area contributed by atoms with Crippen molar-refractivity contribution in [2.45, 2.75) is 12.3 Å². The number of hydrogen-bond acceptors (Lipinski definition) is 9. The van der Waals surface area contributed by atoms with E-state index in [0.29, 0.717) is 50.6 Å². The number of aromatic nitrogens is 4. The van der Waals surface area contributed by atoms with Crippen molar-refractivity contribution in [1.29, 1.82) is 0 Å². The first-order chi connectivity index (χ1) is 20.3. The number of nitrogens with zero attached hydrogens (tertiary/aromatic N) is 4. The molecule has 10 nitrogen and oxygen atoms in total. The van der Waals surface area contributed by atoms with E-state index >= 15 is 0 Å². The van der Waals surface area contributed by atoms with Crippen LogP contribution < -0.4 is 24.6 Å². The molecule has 1 atom stereocenters. The lowest BCUT2D eigenvalue weighted by Crippen LogP contribution is -2.22. The molecule has 0 amide bonds. The molecule has 3 aromatic carbocycles. The van der Waals surface area contributed by atoms with Crippen LogP contribution in [0.4, 0.5) is 13.2 Å². The zero-order valence-electron chi connectivity index (χ0n) is 21.1. The average molecular weight is 572 g/mol. The zero-order valence-corrected chi connectivity index (χ0v) is 21.1. The maximum absolute atomic E-state index is 13.5. The summed E-state index contributed by atoms with van der Waals surface area (Å²) in [5.41, 5.74) is 1.60. The second-order valence-corrected chi connectivity index (χ2v) is 9.52. The Morgan fingerprint density at radius 2 is 1.76 bits per heavy atom. The topological polar surface area (TPSA) is 110 Å². The van der Waals surface area contributed by atoms with E-state index < -0.39 is 23.7 Å². The van der Waals surface area contributed by atoms with Gasteiger partial charge in [-0.1, -0.05) is 24.3 Å². The number of rotatable bonds is 3. The van der Waals surface area contributed by atoms with Crippen LogP contribution in [0, 0.1) is 0 Å². The maximum Gasteiger partial charge on any atom is 0.573 e. The molecule has 0 N–H and O–H groups in total. The van der Waals surface area contributed by atoms with Crippen LogP contribution in [0.2, 0.25) is 0 Å². The molecule has 208 valence electrons. The Bertz CT molecular complexity index is 2110. The molecule has 3 aromatic heterocycles. The molecule has 0 aliphatic carbocycles. The van der Waals surface area contributed by atoms with Gasteiger partial charge in [-0.3, -0.25) is 0 Å². The Labute approximate surface area is 232 Å². The van der Waals surface area contributed by atoms with Gasteiger partial charge in [-0.25, -0.2) is 19.3 Å². The first-order valence-corrected chi connectivity index (χ1v) is 12.6. The zero-order chi connectivity index (χ0) is 28.6. The minimum absolute atomic E-state index is 0.108. The molecular formula is C29H15F3N4O6. The molecule has 5 heterocycles. The molecule has 0 saturated heterocycles. The molecule has 0 radical (unpaired) electrons. The number of alkyl halides is 3. The summed E-state index contributed by atoms with van der Waals surface area (Å²) in [5.74, 6) is 0.601. The normalized spacial score (nSPS) is 15.4. The van der Waals surface area contributed by atoms with Gasteiger partial charge in [0.25, 0.3) is 0 Å². The van der Waals surface area contributed by atoms with Gasteiger partial charge in [0.05, 0.1) is 22.4 Å². The van der Waals surface area contributed by atoms with Gasteiger partial charge in [0.2, 0.25) is 12.7 Å². The van der Waals surface area contributed by atoms with E-state index in [0.717, 1.165) is 0 Å². The molecule has 0 fully saturated rings. The van der Waals surface area contributed by atoms with E-state index in [1.165, 1.54) is 35.1 Å². The number of ether oxygens (including phenoxy) is 4. The van der Waals surface area contributed by atoms with Crippen LogP contribution in [-0.4, -0.2) is 32.7 Å². The van der Waals surface area contributed by atoms with Crippen molar-refractivity contribution < 1.29 is 36.5 Å². The van der Waals surface area contributed by atoms with E-state index in [2.05, 4.69) is 14.8 Å². The van der Waals surface area contributed by atoms with Crippen molar-refractivity contribution in [3.05, 3.63) is 100 Å². The lowest BCUT2D eigenvalue weighted by molar-refractivity contribution is -0.274. The molecule has 2 aliphatic heterocycles. The summed E-state index contributed by atoms with van der Waals surface area (Å²) in [6.45, 7) is 0.108. The average Bonchev–Trinajstić information content (AvgIpc) is 3.63. The highest BCUT2D eigenvalue weighted by atomic mass is 19.4. The lowest BCUT2D eigenvalue weighted by Gasteiger charge is -2.27. The number of halogens is 3. The van der Waals surface area contributed by atoms with Gasteiger partial charge in [-0.05, 0) is 48.0 Å². The predicted molar refractivity (Wildman–Crippen MR) is 139 cm³/mol. The molecular weight excluding hydrogens is 557 g/mol. The SMILES string of the molecule is O=c1oc2ccccc2c2c1C(c1ccc(OC(F)(F)F)cc1)c1c(ncn3nc(-c4ccc5c(c4)OCO5)nc13)O2. The number of benzene rings is 3. The highest BCUT2D eigenvalue weighted by Crippen LogP contribution is 2.49. The van der Waals surface area contributed by atoms with Gasteiger partial charge in [-0.15, -0.1) is 18.3 Å². The van der Waals surface area contributed by atoms with Gasteiger partial charge < -0.3 is 23.4 Å². The fourth-order valence-corrected chi connectivity index (χ4v) is 5.28. The second kappa shape index (κ2) is 8.70. The molecule has 2 aliphatic rings. The van der Waals surface area contributed by atoms with Crippen LogP contribution in [0.25, 0.3) is 28.0 Å². The van der Waals surface area contributed by atoms with Gasteiger partial charge in [0.1, 0.15) is 17.7 Å². The van der Waals surface area contributed by atoms with Crippen LogP contribution >= 0.6 is 0 Å². The summed E-state index contributed by atoms with van der Waals surface area (Å²) in [7, 11) is 0. The van der Waals surface area contributed by atoms with E-state index in [9.17, 15) is 18.0 Å². The Morgan fingerprint density at radius 3 is 2.60 bits per heavy atom. The molecule has 42 heavy (non-hydrogen) atoms. The molecule has 1 unspecified atom stereocenters. The number of hydrogen-bond donors (Lipinski definition) is 0. The third-order valence-electron chi connectivity index (χ3n) is 7.04. The summed E-state index contributed by atoms with van der Waals surface area (Å²) in [4.78, 5) is 22.7. The van der Waals surface area contributed by atoms with E-state index in [1.54, 1.807) is 42.5 Å². The molecule has 13 heteroatoms. The fraction of sp³-hybridized carbons (Fsp3) is 0.103. The summed E-state index contributed by atoms with van der Waals surface area (Å²) >= 11 is 0.